The third-order valence-electron chi connectivity index (χ3n) is 5.50. The molecule has 0 spiro atoms. The number of carbonyl (C=O) groups is 2. The Kier molecular flexibility index (Phi) is 10.1. The Hall–Kier alpha value is -3.16. The molecule has 1 N–H and O–H groups in total. The molecule has 3 aromatic rings. The van der Waals surface area contributed by atoms with E-state index in [1.165, 1.54) is 5.56 Å². The van der Waals surface area contributed by atoms with Crippen LogP contribution in [0.1, 0.15) is 29.3 Å². The van der Waals surface area contributed by atoms with Gasteiger partial charge in [-0.2, -0.15) is 0 Å². The van der Waals surface area contributed by atoms with Gasteiger partial charge < -0.3 is 19.9 Å². The van der Waals surface area contributed by atoms with E-state index in [9.17, 15) is 9.59 Å². The van der Waals surface area contributed by atoms with Crippen LogP contribution in [-0.2, 0) is 29.0 Å². The SMILES string of the molecule is CCc1ccc(NC(=O)N(CCCOC)CC(=O)N(Cc2ccccc2)Cc2cccs2)cc1. The van der Waals surface area contributed by atoms with Gasteiger partial charge in [-0.15, -0.1) is 11.3 Å². The summed E-state index contributed by atoms with van der Waals surface area (Å²) in [5, 5.41) is 4.95. The maximum atomic E-state index is 13.4. The zero-order chi connectivity index (χ0) is 24.2. The summed E-state index contributed by atoms with van der Waals surface area (Å²) in [5.74, 6) is -0.0915. The van der Waals surface area contributed by atoms with Crippen LogP contribution >= 0.6 is 11.3 Å². The highest BCUT2D eigenvalue weighted by atomic mass is 32.1. The van der Waals surface area contributed by atoms with Crippen molar-refractivity contribution >= 4 is 29.0 Å². The minimum atomic E-state index is -0.288. The smallest absolute Gasteiger partial charge is 0.322 e. The topological polar surface area (TPSA) is 61.9 Å². The molecule has 6 nitrogen and oxygen atoms in total. The van der Waals surface area contributed by atoms with E-state index in [1.54, 1.807) is 23.3 Å². The molecule has 2 aromatic carbocycles. The number of nitrogens with zero attached hydrogens (tertiary/aromatic N) is 2. The molecular weight excluding hydrogens is 446 g/mol. The molecule has 0 atom stereocenters. The lowest BCUT2D eigenvalue weighted by Crippen LogP contribution is -2.44. The highest BCUT2D eigenvalue weighted by Gasteiger charge is 2.22. The van der Waals surface area contributed by atoms with Gasteiger partial charge in [-0.25, -0.2) is 4.79 Å². The van der Waals surface area contributed by atoms with Gasteiger partial charge in [0.15, 0.2) is 0 Å². The first-order chi connectivity index (χ1) is 16.6. The number of urea groups is 1. The number of anilines is 1. The third kappa shape index (κ3) is 8.01. The maximum Gasteiger partial charge on any atom is 0.322 e. The quantitative estimate of drug-likeness (QED) is 0.353. The Morgan fingerprint density at radius 2 is 1.68 bits per heavy atom. The monoisotopic (exact) mass is 479 g/mol. The second-order valence-corrected chi connectivity index (χ2v) is 9.10. The fourth-order valence-corrected chi connectivity index (χ4v) is 4.29. The summed E-state index contributed by atoms with van der Waals surface area (Å²) in [6.45, 7) is 4.04. The molecule has 0 aliphatic carbocycles. The second-order valence-electron chi connectivity index (χ2n) is 8.06. The Morgan fingerprint density at radius 1 is 0.912 bits per heavy atom. The van der Waals surface area contributed by atoms with Gasteiger partial charge in [0.1, 0.15) is 6.54 Å². The number of thiophene rings is 1. The highest BCUT2D eigenvalue weighted by molar-refractivity contribution is 7.09. The minimum Gasteiger partial charge on any atom is -0.385 e. The molecule has 0 saturated carbocycles. The normalized spacial score (nSPS) is 10.6. The first kappa shape index (κ1) is 25.5. The minimum absolute atomic E-state index is 0.000794. The van der Waals surface area contributed by atoms with Crippen LogP contribution in [0.25, 0.3) is 0 Å². The summed E-state index contributed by atoms with van der Waals surface area (Å²) in [4.78, 5) is 31.0. The van der Waals surface area contributed by atoms with Crippen LogP contribution in [0, 0.1) is 0 Å². The van der Waals surface area contributed by atoms with Crippen LogP contribution in [0.2, 0.25) is 0 Å². The number of rotatable bonds is 12. The molecule has 3 rings (SSSR count). The molecule has 3 amide bonds. The summed E-state index contributed by atoms with van der Waals surface area (Å²) in [5.41, 5.74) is 2.97. The lowest BCUT2D eigenvalue weighted by molar-refractivity contribution is -0.133. The van der Waals surface area contributed by atoms with Crippen LogP contribution < -0.4 is 5.32 Å². The molecule has 7 heteroatoms. The van der Waals surface area contributed by atoms with Crippen molar-refractivity contribution in [2.45, 2.75) is 32.9 Å². The van der Waals surface area contributed by atoms with Gasteiger partial charge in [-0.1, -0.05) is 55.5 Å². The summed E-state index contributed by atoms with van der Waals surface area (Å²) in [6.07, 6.45) is 1.59. The summed E-state index contributed by atoms with van der Waals surface area (Å²) < 4.78 is 5.17. The maximum absolute atomic E-state index is 13.4. The average molecular weight is 480 g/mol. The Balaban J connectivity index is 1.72. The highest BCUT2D eigenvalue weighted by Crippen LogP contribution is 2.16. The number of benzene rings is 2. The van der Waals surface area contributed by atoms with Crippen molar-refractivity contribution in [3.63, 3.8) is 0 Å². The lowest BCUT2D eigenvalue weighted by Gasteiger charge is -2.28. The van der Waals surface area contributed by atoms with Crippen molar-refractivity contribution in [3.05, 3.63) is 88.1 Å². The molecule has 1 aromatic heterocycles. The van der Waals surface area contributed by atoms with Crippen molar-refractivity contribution in [2.75, 3.05) is 32.1 Å². The number of nitrogens with one attached hydrogen (secondary N) is 1. The van der Waals surface area contributed by atoms with Crippen molar-refractivity contribution in [2.24, 2.45) is 0 Å². The molecule has 0 aliphatic rings. The van der Waals surface area contributed by atoms with Crippen LogP contribution in [0.3, 0.4) is 0 Å². The van der Waals surface area contributed by atoms with E-state index in [2.05, 4.69) is 12.2 Å². The van der Waals surface area contributed by atoms with Gasteiger partial charge in [-0.05, 0) is 47.5 Å². The number of hydrogen-bond donors (Lipinski definition) is 1. The molecule has 0 fully saturated rings. The summed E-state index contributed by atoms with van der Waals surface area (Å²) in [7, 11) is 1.63. The molecular formula is C27H33N3O3S. The van der Waals surface area contributed by atoms with Crippen molar-refractivity contribution in [1.82, 2.24) is 9.80 Å². The molecule has 0 radical (unpaired) electrons. The van der Waals surface area contributed by atoms with Gasteiger partial charge in [0, 0.05) is 37.4 Å². The van der Waals surface area contributed by atoms with E-state index < -0.39 is 0 Å². The molecule has 180 valence electrons. The molecule has 0 aliphatic heterocycles. The van der Waals surface area contributed by atoms with Crippen LogP contribution in [0.5, 0.6) is 0 Å². The van der Waals surface area contributed by atoms with Gasteiger partial charge in [0.2, 0.25) is 5.91 Å². The fraction of sp³-hybridized carbons (Fsp3) is 0.333. The van der Waals surface area contributed by atoms with Crippen LogP contribution in [0.4, 0.5) is 10.5 Å². The second kappa shape index (κ2) is 13.5. The molecule has 0 saturated heterocycles. The zero-order valence-electron chi connectivity index (χ0n) is 19.9. The van der Waals surface area contributed by atoms with Crippen molar-refractivity contribution < 1.29 is 14.3 Å². The Morgan fingerprint density at radius 3 is 2.32 bits per heavy atom. The number of carbonyl (C=O) groups excluding carboxylic acids is 2. The number of methoxy groups -OCH3 is 1. The third-order valence-corrected chi connectivity index (χ3v) is 6.36. The van der Waals surface area contributed by atoms with Gasteiger partial charge in [-0.3, -0.25) is 4.79 Å². The van der Waals surface area contributed by atoms with E-state index in [1.807, 2.05) is 77.0 Å². The van der Waals surface area contributed by atoms with Crippen LogP contribution in [0.15, 0.2) is 72.1 Å². The molecule has 34 heavy (non-hydrogen) atoms. The molecule has 1 heterocycles. The van der Waals surface area contributed by atoms with Gasteiger partial charge >= 0.3 is 6.03 Å². The van der Waals surface area contributed by atoms with E-state index >= 15 is 0 Å². The average Bonchev–Trinajstić information content (AvgIpc) is 3.37. The standard InChI is InChI=1S/C27H33N3O3S/c1-3-22-12-14-24(15-13-22)28-27(32)29(16-8-17-33-2)21-26(31)30(20-25-11-7-18-34-25)19-23-9-5-4-6-10-23/h4-7,9-15,18H,3,8,16-17,19-21H2,1-2H3,(H,28,32). The van der Waals surface area contributed by atoms with E-state index in [0.717, 1.165) is 16.9 Å². The number of hydrogen-bond acceptors (Lipinski definition) is 4. The predicted octanol–water partition coefficient (Wildman–Crippen LogP) is 5.41. The fourth-order valence-electron chi connectivity index (χ4n) is 3.57. The molecule has 0 unspecified atom stereocenters. The van der Waals surface area contributed by atoms with E-state index in [-0.39, 0.29) is 18.5 Å². The van der Waals surface area contributed by atoms with E-state index in [4.69, 9.17) is 4.74 Å². The van der Waals surface area contributed by atoms with Crippen LogP contribution in [-0.4, -0.2) is 48.5 Å². The van der Waals surface area contributed by atoms with Crippen molar-refractivity contribution in [3.8, 4) is 0 Å². The predicted molar refractivity (Wildman–Crippen MR) is 138 cm³/mol. The first-order valence-electron chi connectivity index (χ1n) is 11.6. The zero-order valence-corrected chi connectivity index (χ0v) is 20.7. The lowest BCUT2D eigenvalue weighted by atomic mass is 10.1. The van der Waals surface area contributed by atoms with Crippen molar-refractivity contribution in [1.29, 1.82) is 0 Å². The number of amides is 3. The Labute approximate surface area is 206 Å². The van der Waals surface area contributed by atoms with E-state index in [0.29, 0.717) is 38.3 Å². The Bertz CT molecular complexity index is 1010. The first-order valence-corrected chi connectivity index (χ1v) is 12.4. The summed E-state index contributed by atoms with van der Waals surface area (Å²) >= 11 is 1.62. The number of ether oxygens (including phenoxy) is 1. The molecule has 0 bridgehead atoms. The van der Waals surface area contributed by atoms with Gasteiger partial charge in [0.05, 0.1) is 6.54 Å². The largest absolute Gasteiger partial charge is 0.385 e. The number of aryl methyl sites for hydroxylation is 1. The van der Waals surface area contributed by atoms with Gasteiger partial charge in [0.25, 0.3) is 0 Å². The summed E-state index contributed by atoms with van der Waals surface area (Å²) in [6, 6.07) is 21.4.